The Morgan fingerprint density at radius 3 is 2.95 bits per heavy atom. The molecule has 0 saturated carbocycles. The summed E-state index contributed by atoms with van der Waals surface area (Å²) in [5, 5.41) is 0. The maximum absolute atomic E-state index is 11.2. The summed E-state index contributed by atoms with van der Waals surface area (Å²) in [7, 11) is -3.14. The second kappa shape index (κ2) is 6.57. The van der Waals surface area contributed by atoms with Gasteiger partial charge in [-0.3, -0.25) is 4.90 Å². The van der Waals surface area contributed by atoms with Crippen LogP contribution in [0.4, 0.5) is 0 Å². The van der Waals surface area contributed by atoms with Crippen LogP contribution in [-0.2, 0) is 21.3 Å². The first-order chi connectivity index (χ1) is 10.4. The molecule has 2 fully saturated rings. The van der Waals surface area contributed by atoms with E-state index in [2.05, 4.69) is 28.7 Å². The number of nitrogens with zero attached hydrogens (tertiary/aromatic N) is 1. The van der Waals surface area contributed by atoms with E-state index in [1.54, 1.807) is 0 Å². The van der Waals surface area contributed by atoms with Gasteiger partial charge in [0, 0.05) is 35.3 Å². The van der Waals surface area contributed by atoms with Gasteiger partial charge in [0.25, 0.3) is 0 Å². The van der Waals surface area contributed by atoms with Crippen molar-refractivity contribution in [2.45, 2.75) is 26.0 Å². The quantitative estimate of drug-likeness (QED) is 0.878. The molecule has 3 atom stereocenters. The van der Waals surface area contributed by atoms with E-state index < -0.39 is 10.0 Å². The van der Waals surface area contributed by atoms with Gasteiger partial charge in [-0.1, -0.05) is 0 Å². The van der Waals surface area contributed by atoms with Gasteiger partial charge in [-0.25, -0.2) is 13.1 Å². The number of aryl methyl sites for hydroxylation is 1. The van der Waals surface area contributed by atoms with Gasteiger partial charge in [-0.15, -0.1) is 11.3 Å². The fourth-order valence-corrected chi connectivity index (χ4v) is 4.94. The first kappa shape index (κ1) is 16.4. The zero-order chi connectivity index (χ0) is 15.7. The Bertz CT molecular complexity index is 614. The Morgan fingerprint density at radius 1 is 1.45 bits per heavy atom. The van der Waals surface area contributed by atoms with E-state index in [0.717, 1.165) is 32.7 Å². The Hall–Kier alpha value is -0.470. The fourth-order valence-electron chi connectivity index (χ4n) is 3.54. The van der Waals surface area contributed by atoms with Crippen molar-refractivity contribution < 1.29 is 13.2 Å². The van der Waals surface area contributed by atoms with Gasteiger partial charge in [0.2, 0.25) is 10.0 Å². The summed E-state index contributed by atoms with van der Waals surface area (Å²) in [6, 6.07) is 4.40. The lowest BCUT2D eigenvalue weighted by Crippen LogP contribution is -2.43. The number of hydrogen-bond donors (Lipinski definition) is 1. The molecule has 2 aliphatic heterocycles. The number of hydrogen-bond acceptors (Lipinski definition) is 5. The normalized spacial score (nSPS) is 29.6. The van der Waals surface area contributed by atoms with Crippen LogP contribution in [0.25, 0.3) is 0 Å². The van der Waals surface area contributed by atoms with Crippen LogP contribution in [0.1, 0.15) is 16.2 Å². The summed E-state index contributed by atoms with van der Waals surface area (Å²) >= 11 is 1.87. The van der Waals surface area contributed by atoms with Gasteiger partial charge < -0.3 is 4.74 Å². The number of fused-ring (bicyclic) bond motifs is 1. The minimum atomic E-state index is -3.14. The van der Waals surface area contributed by atoms with Crippen LogP contribution >= 0.6 is 11.3 Å². The van der Waals surface area contributed by atoms with Crippen molar-refractivity contribution in [3.05, 3.63) is 21.9 Å². The Kier molecular flexibility index (Phi) is 4.89. The third-order valence-corrected chi connectivity index (χ3v) is 6.28. The summed E-state index contributed by atoms with van der Waals surface area (Å²) in [5.74, 6) is 1.01. The molecule has 5 nitrogen and oxygen atoms in total. The van der Waals surface area contributed by atoms with Gasteiger partial charge in [0.1, 0.15) is 0 Å². The van der Waals surface area contributed by atoms with Gasteiger partial charge in [-0.05, 0) is 37.9 Å². The van der Waals surface area contributed by atoms with E-state index in [1.165, 1.54) is 16.0 Å². The minimum absolute atomic E-state index is 0.0332. The Balaban J connectivity index is 1.53. The van der Waals surface area contributed by atoms with Crippen LogP contribution in [0.5, 0.6) is 0 Å². The SMILES string of the molecule is Cc1ccc(CN2CC[C@@H]3[C@@H](CO[C@@H]3CNS(C)(=O)=O)C2)s1. The molecule has 3 rings (SSSR count). The van der Waals surface area contributed by atoms with Crippen molar-refractivity contribution >= 4 is 21.4 Å². The summed E-state index contributed by atoms with van der Waals surface area (Å²) in [6.45, 7) is 6.44. The zero-order valence-corrected chi connectivity index (χ0v) is 14.8. The molecule has 0 unspecified atom stereocenters. The molecule has 0 aliphatic carbocycles. The second-order valence-corrected chi connectivity index (χ2v) is 9.66. The molecule has 0 radical (unpaired) electrons. The minimum Gasteiger partial charge on any atom is -0.376 e. The van der Waals surface area contributed by atoms with Crippen molar-refractivity contribution in [1.82, 2.24) is 9.62 Å². The summed E-state index contributed by atoms with van der Waals surface area (Å²) in [5.41, 5.74) is 0. The van der Waals surface area contributed by atoms with Crippen molar-refractivity contribution in [2.75, 3.05) is 32.5 Å². The predicted octanol–water partition coefficient (Wildman–Crippen LogP) is 1.44. The molecule has 3 heterocycles. The average Bonchev–Trinajstić information content (AvgIpc) is 3.02. The number of nitrogens with one attached hydrogen (secondary N) is 1. The monoisotopic (exact) mass is 344 g/mol. The van der Waals surface area contributed by atoms with Crippen LogP contribution < -0.4 is 4.72 Å². The van der Waals surface area contributed by atoms with E-state index in [9.17, 15) is 8.42 Å². The lowest BCUT2D eigenvalue weighted by molar-refractivity contribution is 0.0886. The highest BCUT2D eigenvalue weighted by atomic mass is 32.2. The van der Waals surface area contributed by atoms with E-state index in [-0.39, 0.29) is 6.10 Å². The molecule has 2 aliphatic rings. The average molecular weight is 345 g/mol. The highest BCUT2D eigenvalue weighted by Crippen LogP contribution is 2.35. The largest absolute Gasteiger partial charge is 0.376 e. The van der Waals surface area contributed by atoms with Gasteiger partial charge in [0.05, 0.1) is 19.0 Å². The molecule has 0 bridgehead atoms. The molecule has 0 amide bonds. The highest BCUT2D eigenvalue weighted by Gasteiger charge is 2.40. The topological polar surface area (TPSA) is 58.6 Å². The van der Waals surface area contributed by atoms with Crippen LogP contribution in [0.2, 0.25) is 0 Å². The lowest BCUT2D eigenvalue weighted by Gasteiger charge is -2.35. The van der Waals surface area contributed by atoms with Crippen molar-refractivity contribution in [3.8, 4) is 0 Å². The van der Waals surface area contributed by atoms with E-state index in [1.807, 2.05) is 11.3 Å². The second-order valence-electron chi connectivity index (χ2n) is 6.45. The molecule has 1 aromatic heterocycles. The molecule has 124 valence electrons. The number of ether oxygens (including phenoxy) is 1. The standard InChI is InChI=1S/C15H24N2O3S2/c1-11-3-4-13(21-11)9-17-6-5-14-12(8-17)10-20-15(14)7-16-22(2,18)19/h3-4,12,14-16H,5-10H2,1-2H3/t12-,14-,15-/m1/s1. The molecule has 0 aromatic carbocycles. The third kappa shape index (κ3) is 4.08. The summed E-state index contributed by atoms with van der Waals surface area (Å²) in [4.78, 5) is 5.29. The van der Waals surface area contributed by atoms with E-state index in [0.29, 0.717) is 18.4 Å². The number of likely N-dealkylation sites (tertiary alicyclic amines) is 1. The van der Waals surface area contributed by atoms with Gasteiger partial charge in [-0.2, -0.15) is 0 Å². The highest BCUT2D eigenvalue weighted by molar-refractivity contribution is 7.88. The molecular formula is C15H24N2O3S2. The van der Waals surface area contributed by atoms with Crippen LogP contribution in [0.3, 0.4) is 0 Å². The lowest BCUT2D eigenvalue weighted by atomic mass is 9.84. The van der Waals surface area contributed by atoms with Gasteiger partial charge >= 0.3 is 0 Å². The van der Waals surface area contributed by atoms with Crippen LogP contribution in [-0.4, -0.2) is 51.9 Å². The zero-order valence-electron chi connectivity index (χ0n) is 13.1. The Labute approximate surface area is 136 Å². The predicted molar refractivity (Wildman–Crippen MR) is 88.5 cm³/mol. The molecule has 22 heavy (non-hydrogen) atoms. The maximum Gasteiger partial charge on any atom is 0.208 e. The first-order valence-electron chi connectivity index (χ1n) is 7.74. The fraction of sp³-hybridized carbons (Fsp3) is 0.733. The number of thiophene rings is 1. The van der Waals surface area contributed by atoms with Gasteiger partial charge in [0.15, 0.2) is 0 Å². The molecular weight excluding hydrogens is 320 g/mol. The smallest absolute Gasteiger partial charge is 0.208 e. The van der Waals surface area contributed by atoms with Crippen molar-refractivity contribution in [1.29, 1.82) is 0 Å². The maximum atomic E-state index is 11.2. The molecule has 2 saturated heterocycles. The molecule has 1 N–H and O–H groups in total. The number of sulfonamides is 1. The molecule has 7 heteroatoms. The number of rotatable bonds is 5. The molecule has 1 aromatic rings. The van der Waals surface area contributed by atoms with Crippen molar-refractivity contribution in [3.63, 3.8) is 0 Å². The van der Waals surface area contributed by atoms with Crippen LogP contribution in [0.15, 0.2) is 12.1 Å². The van der Waals surface area contributed by atoms with E-state index in [4.69, 9.17) is 4.74 Å². The number of piperidine rings is 1. The molecule has 0 spiro atoms. The van der Waals surface area contributed by atoms with Crippen LogP contribution in [0, 0.1) is 18.8 Å². The summed E-state index contributed by atoms with van der Waals surface area (Å²) < 4.78 is 30.9. The van der Waals surface area contributed by atoms with E-state index >= 15 is 0 Å². The Morgan fingerprint density at radius 2 is 2.27 bits per heavy atom. The third-order valence-electron chi connectivity index (χ3n) is 4.60. The van der Waals surface area contributed by atoms with Crippen molar-refractivity contribution in [2.24, 2.45) is 11.8 Å². The summed E-state index contributed by atoms with van der Waals surface area (Å²) in [6.07, 6.45) is 2.32. The first-order valence-corrected chi connectivity index (χ1v) is 10.5.